The van der Waals surface area contributed by atoms with E-state index in [4.69, 9.17) is 16.6 Å². The largest absolute Gasteiger partial charge is 0.325 e. The van der Waals surface area contributed by atoms with Crippen molar-refractivity contribution in [1.29, 1.82) is 0 Å². The van der Waals surface area contributed by atoms with Crippen molar-refractivity contribution in [3.63, 3.8) is 0 Å². The van der Waals surface area contributed by atoms with Gasteiger partial charge in [-0.05, 0) is 53.3 Å². The van der Waals surface area contributed by atoms with Gasteiger partial charge in [-0.1, -0.05) is 75.7 Å². The fraction of sp³-hybridized carbons (Fsp3) is 0.259. The van der Waals surface area contributed by atoms with Crippen LogP contribution >= 0.6 is 11.6 Å². The minimum Gasteiger partial charge on any atom is -0.325 e. The molecule has 0 saturated heterocycles. The number of aromatic nitrogens is 2. The Bertz CT molecular complexity index is 1230. The Labute approximate surface area is 194 Å². The lowest BCUT2D eigenvalue weighted by molar-refractivity contribution is -0.115. The number of amides is 1. The van der Waals surface area contributed by atoms with Crippen molar-refractivity contribution in [2.75, 3.05) is 5.32 Å². The van der Waals surface area contributed by atoms with Gasteiger partial charge >= 0.3 is 0 Å². The van der Waals surface area contributed by atoms with Crippen molar-refractivity contribution in [3.8, 4) is 5.69 Å². The van der Waals surface area contributed by atoms with E-state index >= 15 is 0 Å². The maximum atomic E-state index is 13.3. The zero-order valence-electron chi connectivity index (χ0n) is 18.9. The molecule has 4 nitrogen and oxygen atoms in total. The second kappa shape index (κ2) is 9.17. The van der Waals surface area contributed by atoms with Crippen LogP contribution in [0.4, 0.5) is 5.69 Å². The molecule has 0 fully saturated rings. The van der Waals surface area contributed by atoms with Gasteiger partial charge in [-0.25, -0.2) is 4.98 Å². The van der Waals surface area contributed by atoms with Crippen molar-refractivity contribution < 1.29 is 4.79 Å². The molecule has 32 heavy (non-hydrogen) atoms. The average molecular weight is 446 g/mol. The lowest BCUT2D eigenvalue weighted by Crippen LogP contribution is -2.19. The molecule has 0 atom stereocenters. The topological polar surface area (TPSA) is 46.9 Å². The Balaban J connectivity index is 1.73. The fourth-order valence-corrected chi connectivity index (χ4v) is 4.27. The molecule has 0 spiro atoms. The van der Waals surface area contributed by atoms with E-state index in [-0.39, 0.29) is 12.3 Å². The average Bonchev–Trinajstić information content (AvgIpc) is 3.10. The van der Waals surface area contributed by atoms with Gasteiger partial charge in [-0.2, -0.15) is 0 Å². The van der Waals surface area contributed by atoms with Gasteiger partial charge in [0.25, 0.3) is 0 Å². The highest BCUT2D eigenvalue weighted by Crippen LogP contribution is 2.33. The Morgan fingerprint density at radius 1 is 0.938 bits per heavy atom. The van der Waals surface area contributed by atoms with Crippen molar-refractivity contribution >= 4 is 34.2 Å². The number of nitrogens with zero attached hydrogens (tertiary/aromatic N) is 2. The third kappa shape index (κ3) is 4.42. The van der Waals surface area contributed by atoms with Crippen LogP contribution in [0.25, 0.3) is 16.7 Å². The number of halogens is 1. The molecule has 0 bridgehead atoms. The van der Waals surface area contributed by atoms with Crippen LogP contribution in [0.15, 0.2) is 66.7 Å². The fourth-order valence-electron chi connectivity index (χ4n) is 4.10. The zero-order chi connectivity index (χ0) is 22.8. The Kier molecular flexibility index (Phi) is 6.33. The van der Waals surface area contributed by atoms with E-state index in [0.29, 0.717) is 22.7 Å². The van der Waals surface area contributed by atoms with Gasteiger partial charge in [0.15, 0.2) is 0 Å². The summed E-state index contributed by atoms with van der Waals surface area (Å²) in [6.07, 6.45) is 0.158. The Morgan fingerprint density at radius 2 is 1.59 bits per heavy atom. The number of benzene rings is 3. The van der Waals surface area contributed by atoms with Gasteiger partial charge < -0.3 is 5.32 Å². The molecule has 4 rings (SSSR count). The summed E-state index contributed by atoms with van der Waals surface area (Å²) in [6.45, 7) is 8.59. The highest BCUT2D eigenvalue weighted by molar-refractivity contribution is 6.31. The number of hydrogen-bond donors (Lipinski definition) is 1. The van der Waals surface area contributed by atoms with Crippen molar-refractivity contribution in [2.24, 2.45) is 0 Å². The van der Waals surface area contributed by atoms with Gasteiger partial charge in [0.2, 0.25) is 5.91 Å². The van der Waals surface area contributed by atoms with Crippen molar-refractivity contribution in [2.45, 2.75) is 46.0 Å². The third-order valence-corrected chi connectivity index (χ3v) is 5.89. The van der Waals surface area contributed by atoms with Gasteiger partial charge in [-0.3, -0.25) is 9.36 Å². The Morgan fingerprint density at radius 3 is 2.22 bits per heavy atom. The Hall–Kier alpha value is -3.11. The molecule has 0 saturated carbocycles. The standard InChI is InChI=1S/C27H28ClN3O/c1-17(2)21-11-8-12-22(18(3)4)27(21)30-26(32)16-25-29-23-14-13-19(28)15-24(23)31(25)20-9-6-5-7-10-20/h5-15,17-18H,16H2,1-4H3,(H,30,32). The van der Waals surface area contributed by atoms with Crippen LogP contribution in [0.5, 0.6) is 0 Å². The van der Waals surface area contributed by atoms with Gasteiger partial charge in [0.1, 0.15) is 5.82 Å². The SMILES string of the molecule is CC(C)c1cccc(C(C)C)c1NC(=O)Cc1nc2ccc(Cl)cc2n1-c1ccccc1. The first-order valence-corrected chi connectivity index (χ1v) is 11.4. The van der Waals surface area contributed by atoms with Gasteiger partial charge in [0, 0.05) is 16.4 Å². The summed E-state index contributed by atoms with van der Waals surface area (Å²) in [4.78, 5) is 18.0. The number of para-hydroxylation sites is 2. The molecule has 0 unspecified atom stereocenters. The van der Waals surface area contributed by atoms with Crippen LogP contribution in [0.1, 0.15) is 56.5 Å². The van der Waals surface area contributed by atoms with E-state index in [1.54, 1.807) is 0 Å². The smallest absolute Gasteiger partial charge is 0.232 e. The number of carbonyl (C=O) groups excluding carboxylic acids is 1. The van der Waals surface area contributed by atoms with E-state index in [1.807, 2.05) is 53.1 Å². The molecule has 0 aliphatic heterocycles. The molecule has 1 amide bonds. The molecule has 1 heterocycles. The highest BCUT2D eigenvalue weighted by atomic mass is 35.5. The summed E-state index contributed by atoms with van der Waals surface area (Å²) < 4.78 is 2.01. The number of fused-ring (bicyclic) bond motifs is 1. The molecule has 0 radical (unpaired) electrons. The molecule has 4 aromatic rings. The van der Waals surface area contributed by atoms with Crippen LogP contribution in [0, 0.1) is 0 Å². The first-order valence-electron chi connectivity index (χ1n) is 11.0. The van der Waals surface area contributed by atoms with Gasteiger partial charge in [-0.15, -0.1) is 0 Å². The number of rotatable bonds is 6. The van der Waals surface area contributed by atoms with E-state index in [9.17, 15) is 4.79 Å². The predicted molar refractivity (Wildman–Crippen MR) is 133 cm³/mol. The predicted octanol–water partition coefficient (Wildman–Crippen LogP) is 7.11. The quantitative estimate of drug-likeness (QED) is 0.343. The first-order chi connectivity index (χ1) is 15.3. The van der Waals surface area contributed by atoms with Crippen LogP contribution in [0.3, 0.4) is 0 Å². The summed E-state index contributed by atoms with van der Waals surface area (Å²) in [7, 11) is 0. The van der Waals surface area contributed by atoms with Crippen molar-refractivity contribution in [3.05, 3.63) is 88.7 Å². The molecular formula is C27H28ClN3O. The minimum absolute atomic E-state index is 0.0846. The number of anilines is 1. The van der Waals surface area contributed by atoms with Crippen LogP contribution in [-0.2, 0) is 11.2 Å². The number of imidazole rings is 1. The molecular weight excluding hydrogens is 418 g/mol. The number of nitrogens with one attached hydrogen (secondary N) is 1. The van der Waals surface area contributed by atoms with Gasteiger partial charge in [0.05, 0.1) is 17.5 Å². The van der Waals surface area contributed by atoms with E-state index < -0.39 is 0 Å². The third-order valence-electron chi connectivity index (χ3n) is 5.66. The summed E-state index contributed by atoms with van der Waals surface area (Å²) in [6, 6.07) is 21.8. The van der Waals surface area contributed by atoms with Crippen LogP contribution in [0.2, 0.25) is 5.02 Å². The lowest BCUT2D eigenvalue weighted by atomic mass is 9.92. The second-order valence-electron chi connectivity index (χ2n) is 8.68. The highest BCUT2D eigenvalue weighted by Gasteiger charge is 2.19. The maximum absolute atomic E-state index is 13.3. The minimum atomic E-state index is -0.0846. The zero-order valence-corrected chi connectivity index (χ0v) is 19.6. The van der Waals surface area contributed by atoms with Crippen LogP contribution in [-0.4, -0.2) is 15.5 Å². The number of hydrogen-bond acceptors (Lipinski definition) is 2. The maximum Gasteiger partial charge on any atom is 0.232 e. The van der Waals surface area contributed by atoms with E-state index in [2.05, 4.69) is 51.2 Å². The summed E-state index contributed by atoms with van der Waals surface area (Å²) >= 11 is 6.27. The summed E-state index contributed by atoms with van der Waals surface area (Å²) in [5.41, 5.74) is 5.86. The normalized spacial score (nSPS) is 11.5. The first kappa shape index (κ1) is 22.1. The van der Waals surface area contributed by atoms with E-state index in [0.717, 1.165) is 33.5 Å². The van der Waals surface area contributed by atoms with E-state index in [1.165, 1.54) is 0 Å². The molecule has 5 heteroatoms. The monoisotopic (exact) mass is 445 g/mol. The molecule has 0 aliphatic rings. The summed E-state index contributed by atoms with van der Waals surface area (Å²) in [5.74, 6) is 1.21. The molecule has 0 aliphatic carbocycles. The summed E-state index contributed by atoms with van der Waals surface area (Å²) in [5, 5.41) is 3.84. The molecule has 3 aromatic carbocycles. The molecule has 1 N–H and O–H groups in total. The molecule has 1 aromatic heterocycles. The lowest BCUT2D eigenvalue weighted by Gasteiger charge is -2.20. The second-order valence-corrected chi connectivity index (χ2v) is 9.11. The van der Waals surface area contributed by atoms with Crippen molar-refractivity contribution in [1.82, 2.24) is 9.55 Å². The van der Waals surface area contributed by atoms with Crippen LogP contribution < -0.4 is 5.32 Å². The molecule has 164 valence electrons. The number of carbonyl (C=O) groups is 1.